The van der Waals surface area contributed by atoms with Gasteiger partial charge in [0.2, 0.25) is 6.79 Å². The quantitative estimate of drug-likeness (QED) is 0.621. The minimum atomic E-state index is -1.13. The van der Waals surface area contributed by atoms with Gasteiger partial charge in [0, 0.05) is 6.92 Å². The SMILES string of the molecule is CC(=O)OCOC(=O)C(C)OC(=O)CC1=CC(O)c2ccccc21. The average molecular weight is 334 g/mol. The van der Waals surface area contributed by atoms with Crippen LogP contribution in [0.3, 0.4) is 0 Å². The van der Waals surface area contributed by atoms with E-state index >= 15 is 0 Å². The van der Waals surface area contributed by atoms with Gasteiger partial charge in [-0.2, -0.15) is 0 Å². The summed E-state index contributed by atoms with van der Waals surface area (Å²) in [5.74, 6) is -2.02. The Morgan fingerprint density at radius 3 is 2.62 bits per heavy atom. The number of aliphatic hydroxyl groups is 1. The van der Waals surface area contributed by atoms with Crippen LogP contribution in [0.2, 0.25) is 0 Å². The first-order valence-electron chi connectivity index (χ1n) is 7.36. The van der Waals surface area contributed by atoms with Crippen molar-refractivity contribution in [2.75, 3.05) is 6.79 Å². The molecule has 0 bridgehead atoms. The highest BCUT2D eigenvalue weighted by Gasteiger charge is 2.25. The van der Waals surface area contributed by atoms with Gasteiger partial charge < -0.3 is 19.3 Å². The first-order valence-corrected chi connectivity index (χ1v) is 7.36. The molecule has 0 heterocycles. The van der Waals surface area contributed by atoms with Crippen LogP contribution in [0.15, 0.2) is 30.3 Å². The summed E-state index contributed by atoms with van der Waals surface area (Å²) >= 11 is 0. The van der Waals surface area contributed by atoms with Gasteiger partial charge >= 0.3 is 17.9 Å². The van der Waals surface area contributed by atoms with Gasteiger partial charge in [-0.1, -0.05) is 24.3 Å². The lowest BCUT2D eigenvalue weighted by Gasteiger charge is -2.13. The van der Waals surface area contributed by atoms with Crippen molar-refractivity contribution >= 4 is 23.5 Å². The monoisotopic (exact) mass is 334 g/mol. The van der Waals surface area contributed by atoms with E-state index in [2.05, 4.69) is 9.47 Å². The molecule has 7 nitrogen and oxygen atoms in total. The molecule has 0 saturated carbocycles. The molecule has 2 rings (SSSR count). The van der Waals surface area contributed by atoms with Crippen molar-refractivity contribution in [2.24, 2.45) is 0 Å². The number of aliphatic hydroxyl groups excluding tert-OH is 1. The number of hydrogen-bond acceptors (Lipinski definition) is 7. The van der Waals surface area contributed by atoms with E-state index in [1.807, 2.05) is 12.1 Å². The zero-order chi connectivity index (χ0) is 17.7. The molecule has 0 aromatic heterocycles. The number of carbonyl (C=O) groups is 3. The molecule has 1 N–H and O–H groups in total. The predicted octanol–water partition coefficient (Wildman–Crippen LogP) is 1.50. The van der Waals surface area contributed by atoms with Crippen molar-refractivity contribution in [3.8, 4) is 0 Å². The van der Waals surface area contributed by atoms with Crippen LogP contribution < -0.4 is 0 Å². The van der Waals surface area contributed by atoms with E-state index in [-0.39, 0.29) is 6.42 Å². The number of fused-ring (bicyclic) bond motifs is 1. The van der Waals surface area contributed by atoms with Crippen molar-refractivity contribution < 1.29 is 33.7 Å². The van der Waals surface area contributed by atoms with E-state index in [9.17, 15) is 19.5 Å². The Balaban J connectivity index is 1.86. The van der Waals surface area contributed by atoms with Gasteiger partial charge in [0.05, 0.1) is 12.5 Å². The van der Waals surface area contributed by atoms with E-state index < -0.39 is 36.9 Å². The predicted molar refractivity (Wildman–Crippen MR) is 82.3 cm³/mol. The van der Waals surface area contributed by atoms with Gasteiger partial charge in [-0.15, -0.1) is 0 Å². The first kappa shape index (κ1) is 17.7. The second-order valence-corrected chi connectivity index (χ2v) is 5.25. The van der Waals surface area contributed by atoms with E-state index in [0.29, 0.717) is 5.57 Å². The van der Waals surface area contributed by atoms with Gasteiger partial charge in [-0.05, 0) is 29.7 Å². The van der Waals surface area contributed by atoms with Gasteiger partial charge in [0.1, 0.15) is 0 Å². The Morgan fingerprint density at radius 1 is 1.21 bits per heavy atom. The molecule has 1 aliphatic rings. The van der Waals surface area contributed by atoms with Crippen LogP contribution >= 0.6 is 0 Å². The summed E-state index contributed by atoms with van der Waals surface area (Å²) in [5.41, 5.74) is 2.16. The van der Waals surface area contributed by atoms with E-state index in [1.54, 1.807) is 18.2 Å². The number of esters is 3. The number of benzene rings is 1. The third-order valence-corrected chi connectivity index (χ3v) is 3.42. The minimum Gasteiger partial charge on any atom is -0.450 e. The zero-order valence-corrected chi connectivity index (χ0v) is 13.4. The molecule has 24 heavy (non-hydrogen) atoms. The van der Waals surface area contributed by atoms with Crippen molar-refractivity contribution in [3.05, 3.63) is 41.5 Å². The third kappa shape index (κ3) is 4.42. The molecule has 2 unspecified atom stereocenters. The van der Waals surface area contributed by atoms with Crippen LogP contribution in [-0.2, 0) is 28.6 Å². The lowest BCUT2D eigenvalue weighted by Crippen LogP contribution is -2.27. The fraction of sp³-hybridized carbons (Fsp3) is 0.353. The summed E-state index contributed by atoms with van der Waals surface area (Å²) in [6.07, 6.45) is -0.379. The number of hydrogen-bond donors (Lipinski definition) is 1. The highest BCUT2D eigenvalue weighted by atomic mass is 16.7. The van der Waals surface area contributed by atoms with Gasteiger partial charge in [-0.3, -0.25) is 9.59 Å². The highest BCUT2D eigenvalue weighted by molar-refractivity contribution is 5.89. The molecule has 0 spiro atoms. The molecular weight excluding hydrogens is 316 g/mol. The Kier molecular flexibility index (Phi) is 5.70. The van der Waals surface area contributed by atoms with Crippen LogP contribution in [0.25, 0.3) is 5.57 Å². The largest absolute Gasteiger partial charge is 0.450 e. The van der Waals surface area contributed by atoms with Gasteiger partial charge in [0.15, 0.2) is 6.10 Å². The third-order valence-electron chi connectivity index (χ3n) is 3.42. The Hall–Kier alpha value is -2.67. The first-order chi connectivity index (χ1) is 11.4. The summed E-state index contributed by atoms with van der Waals surface area (Å²) in [4.78, 5) is 34.1. The maximum Gasteiger partial charge on any atom is 0.350 e. The standard InChI is InChI=1S/C17H18O7/c1-10(17(21)23-9-22-11(2)18)24-16(20)8-12-7-15(19)14-6-4-3-5-13(12)14/h3-7,10,15,19H,8-9H2,1-2H3. The molecule has 2 atom stereocenters. The maximum atomic E-state index is 12.0. The summed E-state index contributed by atoms with van der Waals surface area (Å²) in [6, 6.07) is 7.20. The van der Waals surface area contributed by atoms with Crippen LogP contribution in [0, 0.1) is 0 Å². The number of carbonyl (C=O) groups excluding carboxylic acids is 3. The molecule has 0 fully saturated rings. The van der Waals surface area contributed by atoms with E-state index in [0.717, 1.165) is 11.1 Å². The molecule has 1 aromatic carbocycles. The topological polar surface area (TPSA) is 99.1 Å². The second-order valence-electron chi connectivity index (χ2n) is 5.25. The van der Waals surface area contributed by atoms with Crippen LogP contribution in [0.4, 0.5) is 0 Å². The number of rotatable bonds is 6. The molecule has 1 aromatic rings. The Morgan fingerprint density at radius 2 is 1.92 bits per heavy atom. The molecule has 0 aliphatic heterocycles. The summed E-state index contributed by atoms with van der Waals surface area (Å²) in [6.45, 7) is 2.01. The second kappa shape index (κ2) is 7.74. The van der Waals surface area contributed by atoms with E-state index in [4.69, 9.17) is 4.74 Å². The molecule has 1 aliphatic carbocycles. The van der Waals surface area contributed by atoms with Crippen molar-refractivity contribution in [1.29, 1.82) is 0 Å². The molecular formula is C17H18O7. The molecule has 7 heteroatoms. The summed E-state index contributed by atoms with van der Waals surface area (Å²) < 4.78 is 14.1. The van der Waals surface area contributed by atoms with Gasteiger partial charge in [0.25, 0.3) is 0 Å². The fourth-order valence-electron chi connectivity index (χ4n) is 2.30. The van der Waals surface area contributed by atoms with Crippen molar-refractivity contribution in [1.82, 2.24) is 0 Å². The minimum absolute atomic E-state index is 0.0738. The average Bonchev–Trinajstić information content (AvgIpc) is 2.83. The normalized spacial score (nSPS) is 16.6. The molecule has 0 radical (unpaired) electrons. The lowest BCUT2D eigenvalue weighted by molar-refractivity contribution is -0.178. The van der Waals surface area contributed by atoms with Crippen LogP contribution in [0.5, 0.6) is 0 Å². The molecule has 128 valence electrons. The Bertz CT molecular complexity index is 677. The smallest absolute Gasteiger partial charge is 0.350 e. The maximum absolute atomic E-state index is 12.0. The van der Waals surface area contributed by atoms with Crippen molar-refractivity contribution in [3.63, 3.8) is 0 Å². The van der Waals surface area contributed by atoms with Crippen molar-refractivity contribution in [2.45, 2.75) is 32.5 Å². The van der Waals surface area contributed by atoms with Gasteiger partial charge in [-0.25, -0.2) is 4.79 Å². The highest BCUT2D eigenvalue weighted by Crippen LogP contribution is 2.36. The Labute approximate surface area is 138 Å². The molecule has 0 amide bonds. The fourth-order valence-corrected chi connectivity index (χ4v) is 2.30. The zero-order valence-electron chi connectivity index (χ0n) is 13.4. The summed E-state index contributed by atoms with van der Waals surface area (Å²) in [5, 5.41) is 9.93. The van der Waals surface area contributed by atoms with Crippen LogP contribution in [-0.4, -0.2) is 35.9 Å². The number of ether oxygens (including phenoxy) is 3. The summed E-state index contributed by atoms with van der Waals surface area (Å²) in [7, 11) is 0. The lowest BCUT2D eigenvalue weighted by atomic mass is 10.0. The molecule has 0 saturated heterocycles. The van der Waals surface area contributed by atoms with E-state index in [1.165, 1.54) is 13.8 Å². The van der Waals surface area contributed by atoms with Crippen LogP contribution in [0.1, 0.15) is 37.5 Å².